The molecule has 0 bridgehead atoms. The highest BCUT2D eigenvalue weighted by atomic mass is 32.2. The highest BCUT2D eigenvalue weighted by molar-refractivity contribution is 7.91. The van der Waals surface area contributed by atoms with Gasteiger partial charge in [-0.15, -0.1) is 0 Å². The third-order valence-corrected chi connectivity index (χ3v) is 5.57. The lowest BCUT2D eigenvalue weighted by atomic mass is 10.1. The number of aromatic nitrogens is 1. The molecule has 2 aromatic carbocycles. The summed E-state index contributed by atoms with van der Waals surface area (Å²) in [5, 5.41) is 9.19. The summed E-state index contributed by atoms with van der Waals surface area (Å²) in [6.45, 7) is -0.402. The van der Waals surface area contributed by atoms with E-state index in [2.05, 4.69) is 4.98 Å². The molecule has 1 heterocycles. The molecule has 0 unspecified atom stereocenters. The van der Waals surface area contributed by atoms with Crippen LogP contribution < -0.4 is 0 Å². The van der Waals surface area contributed by atoms with E-state index in [1.165, 1.54) is 36.5 Å². The second-order valence-corrected chi connectivity index (χ2v) is 7.45. The quantitative estimate of drug-likeness (QED) is 0.696. The number of benzene rings is 2. The van der Waals surface area contributed by atoms with Crippen LogP contribution in [0.25, 0.3) is 12.2 Å². The van der Waals surface area contributed by atoms with E-state index in [4.69, 9.17) is 0 Å². The van der Waals surface area contributed by atoms with E-state index < -0.39 is 16.4 Å². The van der Waals surface area contributed by atoms with Gasteiger partial charge in [0.2, 0.25) is 9.84 Å². The topological polar surface area (TPSA) is 67.3 Å². The molecule has 0 fully saturated rings. The summed E-state index contributed by atoms with van der Waals surface area (Å²) in [6, 6.07) is 15.5. The van der Waals surface area contributed by atoms with Gasteiger partial charge in [-0.25, -0.2) is 17.8 Å². The van der Waals surface area contributed by atoms with Crippen molar-refractivity contribution in [2.75, 3.05) is 0 Å². The Morgan fingerprint density at radius 2 is 1.50 bits per heavy atom. The number of nitrogens with zero attached hydrogens (tertiary/aromatic N) is 1. The zero-order valence-corrected chi connectivity index (χ0v) is 14.5. The van der Waals surface area contributed by atoms with Crippen LogP contribution in [0.3, 0.4) is 0 Å². The van der Waals surface area contributed by atoms with Gasteiger partial charge in [0.25, 0.3) is 0 Å². The number of hydrogen-bond donors (Lipinski definition) is 1. The molecule has 0 aliphatic heterocycles. The molecule has 6 heteroatoms. The lowest BCUT2D eigenvalue weighted by molar-refractivity contribution is 0.277. The van der Waals surface area contributed by atoms with Gasteiger partial charge in [0.05, 0.1) is 11.5 Å². The van der Waals surface area contributed by atoms with Gasteiger partial charge in [0.15, 0.2) is 5.03 Å². The largest absolute Gasteiger partial charge is 0.392 e. The maximum Gasteiger partial charge on any atom is 0.224 e. The number of hydrogen-bond acceptors (Lipinski definition) is 4. The molecular weight excluding hydrogens is 353 g/mol. The molecule has 0 spiro atoms. The summed E-state index contributed by atoms with van der Waals surface area (Å²) in [4.78, 5) is 4.01. The molecule has 4 nitrogen and oxygen atoms in total. The van der Waals surface area contributed by atoms with Crippen molar-refractivity contribution in [3.63, 3.8) is 0 Å². The summed E-state index contributed by atoms with van der Waals surface area (Å²) in [5.41, 5.74) is 1.90. The zero-order valence-electron chi connectivity index (χ0n) is 13.7. The molecule has 0 saturated heterocycles. The van der Waals surface area contributed by atoms with Crippen LogP contribution in [0.5, 0.6) is 0 Å². The summed E-state index contributed by atoms with van der Waals surface area (Å²) < 4.78 is 38.3. The van der Waals surface area contributed by atoms with Crippen molar-refractivity contribution in [2.24, 2.45) is 0 Å². The number of pyridine rings is 1. The third-order valence-electron chi connectivity index (χ3n) is 3.80. The van der Waals surface area contributed by atoms with E-state index in [9.17, 15) is 17.9 Å². The Bertz CT molecular complexity index is 1030. The lowest BCUT2D eigenvalue weighted by Gasteiger charge is -2.08. The van der Waals surface area contributed by atoms with Gasteiger partial charge in [-0.1, -0.05) is 42.5 Å². The molecule has 0 aliphatic rings. The first kappa shape index (κ1) is 18.0. The minimum absolute atomic E-state index is 0.102. The molecule has 0 aliphatic carbocycles. The first-order valence-corrected chi connectivity index (χ1v) is 9.32. The molecule has 3 rings (SSSR count). The number of aliphatic hydroxyl groups is 1. The summed E-state index contributed by atoms with van der Waals surface area (Å²) in [5.74, 6) is -0.298. The predicted octanol–water partition coefficient (Wildman–Crippen LogP) is 3.72. The molecular formula is C20H16FNO3S. The first-order chi connectivity index (χ1) is 12.5. The number of rotatable bonds is 5. The van der Waals surface area contributed by atoms with Crippen LogP contribution in [0.4, 0.5) is 4.39 Å². The van der Waals surface area contributed by atoms with E-state index in [-0.39, 0.29) is 21.3 Å². The van der Waals surface area contributed by atoms with E-state index in [1.54, 1.807) is 30.3 Å². The molecule has 0 saturated carbocycles. The Morgan fingerprint density at radius 3 is 2.08 bits per heavy atom. The Balaban J connectivity index is 1.86. The Hall–Kier alpha value is -2.83. The van der Waals surface area contributed by atoms with Gasteiger partial charge in [0, 0.05) is 11.8 Å². The highest BCUT2D eigenvalue weighted by Gasteiger charge is 2.22. The SMILES string of the molecule is O=S(=O)(c1ccc(/C=C/c2ccc(F)cc2)cc1)c1ncccc1CO. The average molecular weight is 369 g/mol. The first-order valence-electron chi connectivity index (χ1n) is 7.84. The zero-order chi connectivity index (χ0) is 18.6. The minimum Gasteiger partial charge on any atom is -0.392 e. The third kappa shape index (κ3) is 3.87. The molecule has 3 aromatic rings. The Labute approximate surface area is 151 Å². The van der Waals surface area contributed by atoms with Crippen molar-refractivity contribution in [3.8, 4) is 0 Å². The van der Waals surface area contributed by atoms with Gasteiger partial charge in [-0.3, -0.25) is 0 Å². The van der Waals surface area contributed by atoms with Crippen LogP contribution in [0.2, 0.25) is 0 Å². The molecule has 0 amide bonds. The number of halogens is 1. The van der Waals surface area contributed by atoms with Crippen molar-refractivity contribution in [2.45, 2.75) is 16.5 Å². The van der Waals surface area contributed by atoms with E-state index in [0.717, 1.165) is 11.1 Å². The number of aliphatic hydroxyl groups excluding tert-OH is 1. The fourth-order valence-corrected chi connectivity index (χ4v) is 3.82. The van der Waals surface area contributed by atoms with Gasteiger partial charge < -0.3 is 5.11 Å². The standard InChI is InChI=1S/C20H16FNO3S/c21-18-9-5-15(6-10-18)3-4-16-7-11-19(12-8-16)26(24,25)20-17(14-23)2-1-13-22-20/h1-13,23H,14H2/b4-3+. The van der Waals surface area contributed by atoms with Crippen LogP contribution >= 0.6 is 0 Å². The van der Waals surface area contributed by atoms with Gasteiger partial charge in [-0.2, -0.15) is 0 Å². The fourth-order valence-electron chi connectivity index (χ4n) is 2.42. The van der Waals surface area contributed by atoms with Crippen LogP contribution in [0, 0.1) is 5.82 Å². The Morgan fingerprint density at radius 1 is 0.923 bits per heavy atom. The maximum absolute atomic E-state index is 12.9. The van der Waals surface area contributed by atoms with Crippen LogP contribution in [-0.2, 0) is 16.4 Å². The fraction of sp³-hybridized carbons (Fsp3) is 0.0500. The van der Waals surface area contributed by atoms with Crippen molar-refractivity contribution in [3.05, 3.63) is 89.4 Å². The molecule has 0 radical (unpaired) electrons. The van der Waals surface area contributed by atoms with Crippen molar-refractivity contribution >= 4 is 22.0 Å². The summed E-state index contributed by atoms with van der Waals surface area (Å²) >= 11 is 0. The lowest BCUT2D eigenvalue weighted by Crippen LogP contribution is -2.08. The second kappa shape index (κ2) is 7.59. The van der Waals surface area contributed by atoms with Gasteiger partial charge in [0.1, 0.15) is 5.82 Å². The van der Waals surface area contributed by atoms with E-state index in [1.807, 2.05) is 12.2 Å². The monoisotopic (exact) mass is 369 g/mol. The normalized spacial score (nSPS) is 11.8. The van der Waals surface area contributed by atoms with Crippen molar-refractivity contribution in [1.82, 2.24) is 4.98 Å². The average Bonchev–Trinajstić information content (AvgIpc) is 2.68. The molecule has 1 N–H and O–H groups in total. The maximum atomic E-state index is 12.9. The number of sulfone groups is 1. The summed E-state index contributed by atoms with van der Waals surface area (Å²) in [7, 11) is -3.81. The van der Waals surface area contributed by atoms with Crippen molar-refractivity contribution < 1.29 is 17.9 Å². The van der Waals surface area contributed by atoms with Crippen LogP contribution in [0.1, 0.15) is 16.7 Å². The minimum atomic E-state index is -3.81. The predicted molar refractivity (Wildman–Crippen MR) is 97.4 cm³/mol. The molecule has 26 heavy (non-hydrogen) atoms. The van der Waals surface area contributed by atoms with Crippen LogP contribution in [-0.4, -0.2) is 18.5 Å². The summed E-state index contributed by atoms with van der Waals surface area (Å²) in [6.07, 6.45) is 5.00. The van der Waals surface area contributed by atoms with Gasteiger partial charge >= 0.3 is 0 Å². The molecule has 1 aromatic heterocycles. The molecule has 132 valence electrons. The second-order valence-electron chi connectivity index (χ2n) is 5.58. The highest BCUT2D eigenvalue weighted by Crippen LogP contribution is 2.23. The van der Waals surface area contributed by atoms with E-state index >= 15 is 0 Å². The van der Waals surface area contributed by atoms with E-state index in [0.29, 0.717) is 0 Å². The Kier molecular flexibility index (Phi) is 5.25. The smallest absolute Gasteiger partial charge is 0.224 e. The molecule has 0 atom stereocenters. The van der Waals surface area contributed by atoms with Crippen molar-refractivity contribution in [1.29, 1.82) is 0 Å². The van der Waals surface area contributed by atoms with Crippen LogP contribution in [0.15, 0.2) is 76.8 Å². The van der Waals surface area contributed by atoms with Gasteiger partial charge in [-0.05, 0) is 41.5 Å².